The summed E-state index contributed by atoms with van der Waals surface area (Å²) in [5.74, 6) is 2.05. The summed E-state index contributed by atoms with van der Waals surface area (Å²) in [6, 6.07) is 2.25. The lowest BCUT2D eigenvalue weighted by Crippen LogP contribution is -2.26. The van der Waals surface area contributed by atoms with Gasteiger partial charge < -0.3 is 4.90 Å². The molecule has 18 heavy (non-hydrogen) atoms. The molecule has 2 heterocycles. The van der Waals surface area contributed by atoms with Crippen LogP contribution < -0.4 is 0 Å². The number of hydrogen-bond acceptors (Lipinski definition) is 4. The maximum absolute atomic E-state index is 11.8. The predicted molar refractivity (Wildman–Crippen MR) is 77.6 cm³/mol. The zero-order valence-electron chi connectivity index (χ0n) is 10.6. The molecule has 0 spiro atoms. The standard InChI is InChI=1S/C13H20N2OS2/c14-10-12-4-1-6-15(11-12)7-2-5-13-17-8-3-9-18(13)16/h11,13H,1-9H2/t13-,18+/m1/s1. The van der Waals surface area contributed by atoms with E-state index in [0.717, 1.165) is 56.5 Å². The van der Waals surface area contributed by atoms with E-state index in [4.69, 9.17) is 5.26 Å². The molecule has 2 atom stereocenters. The quantitative estimate of drug-likeness (QED) is 0.795. The van der Waals surface area contributed by atoms with Gasteiger partial charge in [-0.3, -0.25) is 4.21 Å². The number of allylic oxidation sites excluding steroid dienone is 1. The van der Waals surface area contributed by atoms with Crippen molar-refractivity contribution in [3.63, 3.8) is 0 Å². The van der Waals surface area contributed by atoms with E-state index < -0.39 is 10.8 Å². The summed E-state index contributed by atoms with van der Waals surface area (Å²) in [5.41, 5.74) is 0.900. The molecule has 0 aromatic rings. The number of nitrogens with zero attached hydrogens (tertiary/aromatic N) is 2. The Bertz CT molecular complexity index is 376. The third-order valence-electron chi connectivity index (χ3n) is 3.35. The molecule has 0 N–H and O–H groups in total. The van der Waals surface area contributed by atoms with E-state index in [1.807, 2.05) is 18.0 Å². The number of rotatable bonds is 4. The predicted octanol–water partition coefficient (Wildman–Crippen LogP) is 2.48. The molecule has 2 aliphatic heterocycles. The van der Waals surface area contributed by atoms with E-state index in [-0.39, 0.29) is 0 Å². The summed E-state index contributed by atoms with van der Waals surface area (Å²) in [6.07, 6.45) is 7.25. The number of nitriles is 1. The second-order valence-corrected chi connectivity index (χ2v) is 8.13. The molecule has 0 aromatic carbocycles. The van der Waals surface area contributed by atoms with Crippen LogP contribution in [0.1, 0.15) is 32.1 Å². The smallest absolute Gasteiger partial charge is 0.0962 e. The molecule has 5 heteroatoms. The molecule has 0 bridgehead atoms. The first-order valence-corrected chi connectivity index (χ1v) is 9.06. The Balaban J connectivity index is 1.72. The van der Waals surface area contributed by atoms with Gasteiger partial charge in [0.15, 0.2) is 0 Å². The largest absolute Gasteiger partial charge is 0.377 e. The van der Waals surface area contributed by atoms with Crippen molar-refractivity contribution < 1.29 is 4.21 Å². The van der Waals surface area contributed by atoms with Crippen LogP contribution in [0.5, 0.6) is 0 Å². The van der Waals surface area contributed by atoms with E-state index >= 15 is 0 Å². The Morgan fingerprint density at radius 1 is 1.56 bits per heavy atom. The van der Waals surface area contributed by atoms with Gasteiger partial charge in [0.25, 0.3) is 0 Å². The second kappa shape index (κ2) is 7.20. The van der Waals surface area contributed by atoms with Crippen LogP contribution in [-0.4, -0.2) is 38.3 Å². The van der Waals surface area contributed by atoms with Crippen LogP contribution in [0.2, 0.25) is 0 Å². The van der Waals surface area contributed by atoms with Crippen LogP contribution >= 0.6 is 11.8 Å². The summed E-state index contributed by atoms with van der Waals surface area (Å²) in [4.78, 5) is 2.25. The van der Waals surface area contributed by atoms with Gasteiger partial charge in [-0.2, -0.15) is 5.26 Å². The average Bonchev–Trinajstić information content (AvgIpc) is 2.41. The van der Waals surface area contributed by atoms with Gasteiger partial charge in [0.05, 0.1) is 10.7 Å². The van der Waals surface area contributed by atoms with Crippen LogP contribution in [0.4, 0.5) is 0 Å². The molecule has 0 amide bonds. The van der Waals surface area contributed by atoms with Crippen molar-refractivity contribution in [3.05, 3.63) is 11.8 Å². The number of thioether (sulfide) groups is 1. The summed E-state index contributed by atoms with van der Waals surface area (Å²) < 4.78 is 12.1. The van der Waals surface area contributed by atoms with Crippen molar-refractivity contribution in [1.29, 1.82) is 5.26 Å². The maximum Gasteiger partial charge on any atom is 0.0962 e. The Labute approximate surface area is 116 Å². The van der Waals surface area contributed by atoms with Crippen molar-refractivity contribution in [3.8, 4) is 6.07 Å². The fraction of sp³-hybridized carbons (Fsp3) is 0.769. The zero-order valence-corrected chi connectivity index (χ0v) is 12.3. The van der Waals surface area contributed by atoms with Gasteiger partial charge in [0.1, 0.15) is 0 Å². The zero-order chi connectivity index (χ0) is 12.8. The molecule has 0 aliphatic carbocycles. The van der Waals surface area contributed by atoms with Crippen LogP contribution in [0.3, 0.4) is 0 Å². The molecule has 100 valence electrons. The van der Waals surface area contributed by atoms with Gasteiger partial charge in [-0.05, 0) is 37.9 Å². The monoisotopic (exact) mass is 284 g/mol. The summed E-state index contributed by atoms with van der Waals surface area (Å²) in [7, 11) is -0.616. The third kappa shape index (κ3) is 4.03. The lowest BCUT2D eigenvalue weighted by molar-refractivity contribution is 0.344. The first-order chi connectivity index (χ1) is 8.79. The summed E-state index contributed by atoms with van der Waals surface area (Å²) in [6.45, 7) is 2.06. The van der Waals surface area contributed by atoms with Crippen molar-refractivity contribution in [1.82, 2.24) is 4.90 Å². The van der Waals surface area contributed by atoms with Crippen molar-refractivity contribution >= 4 is 22.6 Å². The van der Waals surface area contributed by atoms with Gasteiger partial charge in [-0.25, -0.2) is 0 Å². The van der Waals surface area contributed by atoms with Crippen LogP contribution in [0.15, 0.2) is 11.8 Å². The molecule has 1 fully saturated rings. The van der Waals surface area contributed by atoms with Gasteiger partial charge in [-0.15, -0.1) is 11.8 Å². The Kier molecular flexibility index (Phi) is 5.58. The molecule has 0 unspecified atom stereocenters. The molecular formula is C13H20N2OS2. The summed E-state index contributed by atoms with van der Waals surface area (Å²) >= 11 is 1.88. The topological polar surface area (TPSA) is 44.1 Å². The molecular weight excluding hydrogens is 264 g/mol. The molecule has 2 aliphatic rings. The first-order valence-electron chi connectivity index (χ1n) is 6.63. The van der Waals surface area contributed by atoms with Gasteiger partial charge in [0.2, 0.25) is 0 Å². The maximum atomic E-state index is 11.8. The highest BCUT2D eigenvalue weighted by Crippen LogP contribution is 2.26. The Hall–Kier alpha value is -0.470. The molecule has 0 saturated carbocycles. The average molecular weight is 284 g/mol. The van der Waals surface area contributed by atoms with E-state index in [9.17, 15) is 4.21 Å². The van der Waals surface area contributed by atoms with E-state index in [1.165, 1.54) is 5.75 Å². The lowest BCUT2D eigenvalue weighted by atomic mass is 10.1. The highest BCUT2D eigenvalue weighted by atomic mass is 32.2. The molecule has 2 rings (SSSR count). The minimum absolute atomic E-state index is 0.350. The molecule has 1 saturated heterocycles. The van der Waals surface area contributed by atoms with Crippen LogP contribution in [0, 0.1) is 11.3 Å². The molecule has 3 nitrogen and oxygen atoms in total. The van der Waals surface area contributed by atoms with Crippen LogP contribution in [0.25, 0.3) is 0 Å². The number of hydrogen-bond donors (Lipinski definition) is 0. The van der Waals surface area contributed by atoms with Crippen LogP contribution in [-0.2, 0) is 10.8 Å². The minimum atomic E-state index is -0.616. The van der Waals surface area contributed by atoms with Gasteiger partial charge in [0, 0.05) is 41.4 Å². The fourth-order valence-electron chi connectivity index (χ4n) is 2.38. The Morgan fingerprint density at radius 2 is 2.44 bits per heavy atom. The van der Waals surface area contributed by atoms with E-state index in [1.54, 1.807) is 0 Å². The lowest BCUT2D eigenvalue weighted by Gasteiger charge is -2.26. The first kappa shape index (κ1) is 14.0. The van der Waals surface area contributed by atoms with Crippen molar-refractivity contribution in [2.24, 2.45) is 0 Å². The van der Waals surface area contributed by atoms with Gasteiger partial charge in [-0.1, -0.05) is 0 Å². The van der Waals surface area contributed by atoms with E-state index in [0.29, 0.717) is 4.58 Å². The normalized spacial score (nSPS) is 28.6. The summed E-state index contributed by atoms with van der Waals surface area (Å²) in [5, 5.41) is 8.88. The minimum Gasteiger partial charge on any atom is -0.377 e. The SMILES string of the molecule is N#CC1=CN(CCC[C@@H]2SCCC[S@@]2=O)CCC1. The molecule has 0 radical (unpaired) electrons. The highest BCUT2D eigenvalue weighted by Gasteiger charge is 2.21. The van der Waals surface area contributed by atoms with Gasteiger partial charge >= 0.3 is 0 Å². The van der Waals surface area contributed by atoms with Crippen molar-refractivity contribution in [2.45, 2.75) is 36.7 Å². The fourth-order valence-corrected chi connectivity index (χ4v) is 5.78. The second-order valence-electron chi connectivity index (χ2n) is 4.79. The van der Waals surface area contributed by atoms with Crippen molar-refractivity contribution in [2.75, 3.05) is 24.6 Å². The highest BCUT2D eigenvalue weighted by molar-refractivity contribution is 8.11. The molecule has 0 aromatic heterocycles. The third-order valence-corrected chi connectivity index (χ3v) is 7.04. The Morgan fingerprint density at radius 3 is 3.22 bits per heavy atom. The van der Waals surface area contributed by atoms with E-state index in [2.05, 4.69) is 11.0 Å².